The van der Waals surface area contributed by atoms with Gasteiger partial charge in [-0.3, -0.25) is 24.0 Å². The predicted molar refractivity (Wildman–Crippen MR) is 109 cm³/mol. The normalized spacial score (nSPS) is 29.0. The van der Waals surface area contributed by atoms with Crippen LogP contribution in [0.1, 0.15) is 34.6 Å². The molecule has 2 aliphatic rings. The molecule has 0 N–H and O–H groups in total. The van der Waals surface area contributed by atoms with E-state index in [0.29, 0.717) is 0 Å². The Labute approximate surface area is 194 Å². The van der Waals surface area contributed by atoms with Crippen LogP contribution in [0.2, 0.25) is 0 Å². The summed E-state index contributed by atoms with van der Waals surface area (Å²) in [5, 5.41) is 0. The highest BCUT2D eigenvalue weighted by atomic mass is 16.7. The van der Waals surface area contributed by atoms with Crippen LogP contribution in [-0.4, -0.2) is 92.0 Å². The standard InChI is InChI=1S/C20H26N2O12/c1-9-22-20(19(30-9)21-7-15(27)28-6)18(33-13(5)26)17(32-12(4)25)16(31-11(3)24)14(34-20)8-29-10(2)23/h14,16-18H,7-8H2,1-6H3/t14-,16+,17+,18-,20-/m1/s1. The Morgan fingerprint density at radius 3 is 2.06 bits per heavy atom. The first-order valence-corrected chi connectivity index (χ1v) is 10.1. The molecule has 188 valence electrons. The fourth-order valence-electron chi connectivity index (χ4n) is 3.41. The van der Waals surface area contributed by atoms with Crippen molar-refractivity contribution >= 4 is 41.6 Å². The number of ether oxygens (including phenoxy) is 7. The van der Waals surface area contributed by atoms with Gasteiger partial charge in [0.15, 0.2) is 18.1 Å². The van der Waals surface area contributed by atoms with Crippen LogP contribution in [0.25, 0.3) is 0 Å². The summed E-state index contributed by atoms with van der Waals surface area (Å²) in [5.41, 5.74) is -2.06. The average molecular weight is 486 g/mol. The van der Waals surface area contributed by atoms with Crippen LogP contribution in [-0.2, 0) is 57.1 Å². The molecule has 0 radical (unpaired) electrons. The third-order valence-electron chi connectivity index (χ3n) is 4.51. The minimum Gasteiger partial charge on any atom is -0.468 e. The number of hydrogen-bond donors (Lipinski definition) is 0. The summed E-state index contributed by atoms with van der Waals surface area (Å²) in [4.78, 5) is 67.3. The summed E-state index contributed by atoms with van der Waals surface area (Å²) in [6.07, 6.45) is -5.71. The summed E-state index contributed by atoms with van der Waals surface area (Å²) in [6, 6.07) is 0. The van der Waals surface area contributed by atoms with Gasteiger partial charge in [0.05, 0.1) is 7.11 Å². The predicted octanol–water partition coefficient (Wildman–Crippen LogP) is -0.540. The molecule has 34 heavy (non-hydrogen) atoms. The van der Waals surface area contributed by atoms with Crippen LogP contribution >= 0.6 is 0 Å². The molecule has 1 spiro atoms. The largest absolute Gasteiger partial charge is 0.468 e. The van der Waals surface area contributed by atoms with E-state index < -0.39 is 73.1 Å². The second-order valence-electron chi connectivity index (χ2n) is 7.26. The smallest absolute Gasteiger partial charge is 0.327 e. The zero-order valence-corrected chi connectivity index (χ0v) is 19.5. The minimum absolute atomic E-state index is 0.0134. The lowest BCUT2D eigenvalue weighted by Crippen LogP contribution is -2.69. The van der Waals surface area contributed by atoms with E-state index in [-0.39, 0.29) is 11.8 Å². The molecule has 0 aliphatic carbocycles. The summed E-state index contributed by atoms with van der Waals surface area (Å²) < 4.78 is 37.3. The molecule has 2 aliphatic heterocycles. The van der Waals surface area contributed by atoms with Crippen LogP contribution in [0.15, 0.2) is 9.98 Å². The third-order valence-corrected chi connectivity index (χ3v) is 4.51. The van der Waals surface area contributed by atoms with Gasteiger partial charge < -0.3 is 33.2 Å². The molecule has 14 nitrogen and oxygen atoms in total. The molecule has 0 amide bonds. The monoisotopic (exact) mass is 486 g/mol. The van der Waals surface area contributed by atoms with Crippen molar-refractivity contribution in [3.63, 3.8) is 0 Å². The van der Waals surface area contributed by atoms with Crippen LogP contribution in [0.5, 0.6) is 0 Å². The van der Waals surface area contributed by atoms with Crippen LogP contribution in [0.3, 0.4) is 0 Å². The van der Waals surface area contributed by atoms with Gasteiger partial charge in [-0.05, 0) is 0 Å². The number of rotatable bonds is 7. The van der Waals surface area contributed by atoms with Gasteiger partial charge in [-0.25, -0.2) is 9.98 Å². The number of hydrogen-bond acceptors (Lipinski definition) is 14. The molecule has 1 saturated heterocycles. The highest BCUT2D eigenvalue weighted by molar-refractivity contribution is 6.02. The summed E-state index contributed by atoms with van der Waals surface area (Å²) >= 11 is 0. The molecular weight excluding hydrogens is 460 g/mol. The first-order chi connectivity index (χ1) is 15.9. The van der Waals surface area contributed by atoms with Gasteiger partial charge in [0, 0.05) is 34.6 Å². The zero-order valence-electron chi connectivity index (χ0n) is 19.5. The average Bonchev–Trinajstić information content (AvgIpc) is 3.04. The number of aliphatic imine (C=N–C) groups is 2. The molecule has 14 heteroatoms. The highest BCUT2D eigenvalue weighted by Gasteiger charge is 2.65. The van der Waals surface area contributed by atoms with Gasteiger partial charge >= 0.3 is 29.8 Å². The maximum Gasteiger partial charge on any atom is 0.327 e. The number of carbonyl (C=O) groups is 5. The van der Waals surface area contributed by atoms with E-state index in [4.69, 9.17) is 28.4 Å². The summed E-state index contributed by atoms with van der Waals surface area (Å²) in [5.74, 6) is -4.10. The minimum atomic E-state index is -2.06. The molecular formula is C20H26N2O12. The summed E-state index contributed by atoms with van der Waals surface area (Å²) in [6.45, 7) is 4.90. The van der Waals surface area contributed by atoms with E-state index in [1.54, 1.807) is 0 Å². The molecule has 0 aromatic rings. The number of methoxy groups -OCH3 is 1. The second kappa shape index (κ2) is 11.0. The molecule has 0 saturated carbocycles. The SMILES string of the molecule is COC(=O)CN=C1OC(C)=N[C@]12O[C@H](COC(C)=O)[C@H](OC(C)=O)[C@H](OC(C)=O)[C@H]2OC(C)=O. The van der Waals surface area contributed by atoms with Gasteiger partial charge in [0.2, 0.25) is 6.10 Å². The number of nitrogens with zero attached hydrogens (tertiary/aromatic N) is 2. The van der Waals surface area contributed by atoms with E-state index in [1.807, 2.05) is 0 Å². The Bertz CT molecular complexity index is 913. The molecule has 2 heterocycles. The number of esters is 5. The maximum atomic E-state index is 12.0. The first kappa shape index (κ1) is 26.7. The number of carbonyl (C=O) groups excluding carboxylic acids is 5. The molecule has 2 rings (SSSR count). The first-order valence-electron chi connectivity index (χ1n) is 10.1. The Morgan fingerprint density at radius 1 is 0.941 bits per heavy atom. The Hall–Kier alpha value is -3.55. The van der Waals surface area contributed by atoms with Crippen molar-refractivity contribution in [2.24, 2.45) is 9.98 Å². The van der Waals surface area contributed by atoms with Crippen molar-refractivity contribution in [2.45, 2.75) is 64.8 Å². The van der Waals surface area contributed by atoms with Crippen LogP contribution in [0, 0.1) is 0 Å². The molecule has 0 unspecified atom stereocenters. The molecule has 0 bridgehead atoms. The van der Waals surface area contributed by atoms with Gasteiger partial charge in [-0.15, -0.1) is 0 Å². The van der Waals surface area contributed by atoms with Gasteiger partial charge in [-0.2, -0.15) is 0 Å². The molecule has 0 aromatic heterocycles. The molecule has 1 fully saturated rings. The fourth-order valence-corrected chi connectivity index (χ4v) is 3.41. The Balaban J connectivity index is 2.68. The lowest BCUT2D eigenvalue weighted by Gasteiger charge is -2.47. The van der Waals surface area contributed by atoms with Crippen molar-refractivity contribution < 1.29 is 57.1 Å². The van der Waals surface area contributed by atoms with Crippen molar-refractivity contribution in [3.05, 3.63) is 0 Å². The second-order valence-corrected chi connectivity index (χ2v) is 7.26. The van der Waals surface area contributed by atoms with Gasteiger partial charge in [-0.1, -0.05) is 0 Å². The summed E-state index contributed by atoms with van der Waals surface area (Å²) in [7, 11) is 1.16. The molecule has 0 aromatic carbocycles. The van der Waals surface area contributed by atoms with Crippen molar-refractivity contribution in [1.29, 1.82) is 0 Å². The van der Waals surface area contributed by atoms with Gasteiger partial charge in [0.25, 0.3) is 11.6 Å². The van der Waals surface area contributed by atoms with E-state index in [2.05, 4.69) is 14.7 Å². The van der Waals surface area contributed by atoms with Crippen molar-refractivity contribution in [2.75, 3.05) is 20.3 Å². The van der Waals surface area contributed by atoms with Gasteiger partial charge in [0.1, 0.15) is 19.3 Å². The van der Waals surface area contributed by atoms with Crippen LogP contribution < -0.4 is 0 Å². The topological polar surface area (TPSA) is 175 Å². The fraction of sp³-hybridized carbons (Fsp3) is 0.650. The molecule has 5 atom stereocenters. The van der Waals surface area contributed by atoms with Crippen molar-refractivity contribution in [3.8, 4) is 0 Å². The third kappa shape index (κ3) is 6.27. The van der Waals surface area contributed by atoms with E-state index in [9.17, 15) is 24.0 Å². The van der Waals surface area contributed by atoms with E-state index in [1.165, 1.54) is 6.92 Å². The van der Waals surface area contributed by atoms with Crippen LogP contribution in [0.4, 0.5) is 0 Å². The quantitative estimate of drug-likeness (QED) is 0.332. The van der Waals surface area contributed by atoms with E-state index in [0.717, 1.165) is 34.8 Å². The lowest BCUT2D eigenvalue weighted by molar-refractivity contribution is -0.266. The Kier molecular flexibility index (Phi) is 8.68. The maximum absolute atomic E-state index is 12.0. The van der Waals surface area contributed by atoms with E-state index >= 15 is 0 Å². The lowest BCUT2D eigenvalue weighted by atomic mass is 9.89. The van der Waals surface area contributed by atoms with Crippen molar-refractivity contribution in [1.82, 2.24) is 0 Å². The zero-order chi connectivity index (χ0) is 25.6. The highest BCUT2D eigenvalue weighted by Crippen LogP contribution is 2.41. The Morgan fingerprint density at radius 2 is 1.53 bits per heavy atom.